The Balaban J connectivity index is 2.40. The predicted octanol–water partition coefficient (Wildman–Crippen LogP) is 1.15. The molecule has 0 aliphatic carbocycles. The molecule has 0 aromatic carbocycles. The number of carbonyl (C=O) groups is 1. The van der Waals surface area contributed by atoms with Gasteiger partial charge >= 0.3 is 5.97 Å². The molecular formula is C8H15NO2S. The van der Waals surface area contributed by atoms with Crippen LogP contribution >= 0.6 is 11.8 Å². The van der Waals surface area contributed by atoms with Crippen molar-refractivity contribution in [3.8, 4) is 0 Å². The third kappa shape index (κ3) is 2.14. The number of carboxylic acid groups (broad SMARTS) is 1. The minimum atomic E-state index is -0.728. The average Bonchev–Trinajstić information content (AvgIpc) is 2.51. The highest BCUT2D eigenvalue weighted by molar-refractivity contribution is 8.00. The van der Waals surface area contributed by atoms with E-state index in [1.165, 1.54) is 0 Å². The van der Waals surface area contributed by atoms with Crippen LogP contribution in [-0.4, -0.2) is 28.2 Å². The van der Waals surface area contributed by atoms with Crippen LogP contribution < -0.4 is 5.32 Å². The van der Waals surface area contributed by atoms with Crippen LogP contribution in [0.4, 0.5) is 0 Å². The summed E-state index contributed by atoms with van der Waals surface area (Å²) in [6.45, 7) is 4.27. The fraction of sp³-hybridized carbons (Fsp3) is 0.875. The molecule has 0 aromatic heterocycles. The Labute approximate surface area is 76.9 Å². The highest BCUT2D eigenvalue weighted by Gasteiger charge is 2.31. The van der Waals surface area contributed by atoms with E-state index >= 15 is 0 Å². The van der Waals surface area contributed by atoms with Gasteiger partial charge in [0.25, 0.3) is 0 Å². The first-order valence-corrected chi connectivity index (χ1v) is 5.30. The van der Waals surface area contributed by atoms with Gasteiger partial charge < -0.3 is 5.11 Å². The number of hydrogen-bond donors (Lipinski definition) is 2. The predicted molar refractivity (Wildman–Crippen MR) is 50.3 cm³/mol. The zero-order chi connectivity index (χ0) is 9.14. The van der Waals surface area contributed by atoms with Gasteiger partial charge in [0.05, 0.1) is 5.37 Å². The Hall–Kier alpha value is -0.220. The molecule has 4 heteroatoms. The van der Waals surface area contributed by atoms with Crippen LogP contribution in [0.25, 0.3) is 0 Å². The van der Waals surface area contributed by atoms with Gasteiger partial charge in [-0.2, -0.15) is 0 Å². The Kier molecular flexibility index (Phi) is 3.40. The summed E-state index contributed by atoms with van der Waals surface area (Å²) >= 11 is 1.72. The van der Waals surface area contributed by atoms with Gasteiger partial charge in [-0.15, -0.1) is 11.8 Å². The van der Waals surface area contributed by atoms with Gasteiger partial charge in [0, 0.05) is 5.75 Å². The molecule has 12 heavy (non-hydrogen) atoms. The average molecular weight is 189 g/mol. The first-order valence-electron chi connectivity index (χ1n) is 4.25. The van der Waals surface area contributed by atoms with Gasteiger partial charge in [0.1, 0.15) is 6.04 Å². The molecule has 1 rings (SSSR count). The van der Waals surface area contributed by atoms with E-state index in [4.69, 9.17) is 5.11 Å². The van der Waals surface area contributed by atoms with E-state index in [9.17, 15) is 4.79 Å². The normalized spacial score (nSPS) is 31.8. The number of aliphatic carboxylic acids is 1. The van der Waals surface area contributed by atoms with Crippen LogP contribution in [0.2, 0.25) is 0 Å². The minimum absolute atomic E-state index is 0.330. The van der Waals surface area contributed by atoms with Crippen molar-refractivity contribution >= 4 is 17.7 Å². The lowest BCUT2D eigenvalue weighted by molar-refractivity contribution is -0.138. The highest BCUT2D eigenvalue weighted by atomic mass is 32.2. The van der Waals surface area contributed by atoms with E-state index in [0.717, 1.165) is 6.42 Å². The molecule has 1 heterocycles. The van der Waals surface area contributed by atoms with Gasteiger partial charge in [-0.05, 0) is 5.92 Å². The zero-order valence-corrected chi connectivity index (χ0v) is 8.23. The zero-order valence-electron chi connectivity index (χ0n) is 7.41. The Morgan fingerprint density at radius 1 is 1.83 bits per heavy atom. The summed E-state index contributed by atoms with van der Waals surface area (Å²) in [7, 11) is 0. The van der Waals surface area contributed by atoms with Crippen LogP contribution in [0.5, 0.6) is 0 Å². The van der Waals surface area contributed by atoms with E-state index in [0.29, 0.717) is 17.0 Å². The maximum atomic E-state index is 10.6. The summed E-state index contributed by atoms with van der Waals surface area (Å²) in [5.74, 6) is 0.525. The second kappa shape index (κ2) is 4.14. The van der Waals surface area contributed by atoms with Crippen molar-refractivity contribution in [1.29, 1.82) is 0 Å². The van der Waals surface area contributed by atoms with Crippen LogP contribution in [0.1, 0.15) is 20.3 Å². The van der Waals surface area contributed by atoms with Crippen LogP contribution in [0, 0.1) is 5.92 Å². The maximum Gasteiger partial charge on any atom is 0.321 e. The lowest BCUT2D eigenvalue weighted by Crippen LogP contribution is -2.38. The number of thioether (sulfide) groups is 1. The molecule has 1 aliphatic rings. The molecule has 0 aromatic rings. The van der Waals surface area contributed by atoms with Crippen molar-refractivity contribution in [2.75, 3.05) is 5.75 Å². The Bertz CT molecular complexity index is 174. The Morgan fingerprint density at radius 2 is 2.50 bits per heavy atom. The standard InChI is InChI=1S/C8H15NO2S/c1-3-5(2)7-9-6(4-12-7)8(10)11/h5-7,9H,3-4H2,1-2H3,(H,10,11)/t5-,6+,7-/m1/s1. The molecule has 3 atom stereocenters. The molecule has 1 saturated heterocycles. The van der Waals surface area contributed by atoms with E-state index in [-0.39, 0.29) is 6.04 Å². The molecule has 0 amide bonds. The molecule has 1 fully saturated rings. The third-order valence-electron chi connectivity index (χ3n) is 2.27. The molecule has 0 spiro atoms. The summed E-state index contributed by atoms with van der Waals surface area (Å²) in [5, 5.41) is 12.1. The van der Waals surface area contributed by atoms with E-state index in [1.54, 1.807) is 11.8 Å². The van der Waals surface area contributed by atoms with Crippen LogP contribution in [0.15, 0.2) is 0 Å². The first kappa shape index (κ1) is 9.86. The van der Waals surface area contributed by atoms with Crippen molar-refractivity contribution in [2.24, 2.45) is 5.92 Å². The minimum Gasteiger partial charge on any atom is -0.480 e. The fourth-order valence-corrected chi connectivity index (χ4v) is 2.60. The summed E-state index contributed by atoms with van der Waals surface area (Å²) in [5.41, 5.74) is 0. The lowest BCUT2D eigenvalue weighted by Gasteiger charge is -2.16. The van der Waals surface area contributed by atoms with Crippen LogP contribution in [-0.2, 0) is 4.79 Å². The molecule has 0 bridgehead atoms. The van der Waals surface area contributed by atoms with Crippen molar-refractivity contribution in [1.82, 2.24) is 5.32 Å². The Morgan fingerprint density at radius 3 is 2.92 bits per heavy atom. The fourth-order valence-electron chi connectivity index (χ4n) is 1.18. The molecule has 0 radical (unpaired) electrons. The van der Waals surface area contributed by atoms with E-state index in [2.05, 4.69) is 19.2 Å². The largest absolute Gasteiger partial charge is 0.480 e. The van der Waals surface area contributed by atoms with Gasteiger partial charge in [0.15, 0.2) is 0 Å². The molecule has 2 N–H and O–H groups in total. The quantitative estimate of drug-likeness (QED) is 0.699. The van der Waals surface area contributed by atoms with Crippen molar-refractivity contribution < 1.29 is 9.90 Å². The first-order chi connectivity index (χ1) is 5.65. The highest BCUT2D eigenvalue weighted by Crippen LogP contribution is 2.26. The van der Waals surface area contributed by atoms with Gasteiger partial charge in [0.2, 0.25) is 0 Å². The molecule has 1 aliphatic heterocycles. The van der Waals surface area contributed by atoms with Crippen molar-refractivity contribution in [2.45, 2.75) is 31.7 Å². The lowest BCUT2D eigenvalue weighted by atomic mass is 10.1. The topological polar surface area (TPSA) is 49.3 Å². The molecule has 3 nitrogen and oxygen atoms in total. The van der Waals surface area contributed by atoms with Crippen molar-refractivity contribution in [3.05, 3.63) is 0 Å². The number of carboxylic acids is 1. The second-order valence-corrected chi connectivity index (χ2v) is 4.37. The third-order valence-corrected chi connectivity index (χ3v) is 3.75. The second-order valence-electron chi connectivity index (χ2n) is 3.20. The summed E-state index contributed by atoms with van der Waals surface area (Å²) in [6, 6.07) is -0.339. The van der Waals surface area contributed by atoms with Gasteiger partial charge in [-0.1, -0.05) is 20.3 Å². The van der Waals surface area contributed by atoms with Gasteiger partial charge in [-0.3, -0.25) is 10.1 Å². The summed E-state index contributed by atoms with van der Waals surface area (Å²) < 4.78 is 0. The van der Waals surface area contributed by atoms with Crippen LogP contribution in [0.3, 0.4) is 0 Å². The van der Waals surface area contributed by atoms with E-state index in [1.807, 2.05) is 0 Å². The van der Waals surface area contributed by atoms with Gasteiger partial charge in [-0.25, -0.2) is 0 Å². The number of nitrogens with one attached hydrogen (secondary N) is 1. The molecular weight excluding hydrogens is 174 g/mol. The summed E-state index contributed by atoms with van der Waals surface area (Å²) in [6.07, 6.45) is 1.09. The maximum absolute atomic E-state index is 10.6. The molecule has 70 valence electrons. The van der Waals surface area contributed by atoms with Crippen molar-refractivity contribution in [3.63, 3.8) is 0 Å². The smallest absolute Gasteiger partial charge is 0.321 e. The van der Waals surface area contributed by atoms with E-state index < -0.39 is 5.97 Å². The monoisotopic (exact) mass is 189 g/mol. The SMILES string of the molecule is CC[C@@H](C)[C@@H]1N[C@H](C(=O)O)CS1. The molecule has 0 unspecified atom stereocenters. The summed E-state index contributed by atoms with van der Waals surface area (Å²) in [4.78, 5) is 10.6. The number of rotatable bonds is 3. The molecule has 0 saturated carbocycles. The number of hydrogen-bond acceptors (Lipinski definition) is 3.